The van der Waals surface area contributed by atoms with E-state index in [0.717, 1.165) is 17.6 Å². The zero-order chi connectivity index (χ0) is 11.8. The molecule has 1 aromatic heterocycles. The maximum Gasteiger partial charge on any atom is 0.267 e. The van der Waals surface area contributed by atoms with Gasteiger partial charge in [-0.3, -0.25) is 4.79 Å². The first-order valence-electron chi connectivity index (χ1n) is 5.06. The Balaban J connectivity index is 2.11. The summed E-state index contributed by atoms with van der Waals surface area (Å²) in [6, 6.07) is 1.74. The maximum absolute atomic E-state index is 11.5. The first kappa shape index (κ1) is 13.2. The van der Waals surface area contributed by atoms with Crippen LogP contribution < -0.4 is 10.6 Å². The lowest BCUT2D eigenvalue weighted by molar-refractivity contribution is 0.0949. The summed E-state index contributed by atoms with van der Waals surface area (Å²) in [5.74, 6) is -0.0979. The smallest absolute Gasteiger partial charge is 0.267 e. The van der Waals surface area contributed by atoms with Gasteiger partial charge in [-0.2, -0.15) is 0 Å². The molecule has 0 saturated carbocycles. The van der Waals surface area contributed by atoms with Crippen molar-refractivity contribution in [3.05, 3.63) is 22.4 Å². The number of ether oxygens (including phenoxy) is 1. The number of carbonyl (C=O) groups excluding carboxylic acids is 1. The Bertz CT molecular complexity index is 328. The molecular formula is C10H16BrN3O2. The van der Waals surface area contributed by atoms with Crippen molar-refractivity contribution in [1.29, 1.82) is 0 Å². The van der Waals surface area contributed by atoms with E-state index in [4.69, 9.17) is 4.74 Å². The van der Waals surface area contributed by atoms with Crippen LogP contribution in [-0.4, -0.2) is 44.2 Å². The Morgan fingerprint density at radius 3 is 2.94 bits per heavy atom. The average molecular weight is 290 g/mol. The van der Waals surface area contributed by atoms with Gasteiger partial charge in [0.25, 0.3) is 5.91 Å². The zero-order valence-corrected chi connectivity index (χ0v) is 10.8. The van der Waals surface area contributed by atoms with E-state index in [1.165, 1.54) is 0 Å². The monoisotopic (exact) mass is 289 g/mol. The van der Waals surface area contributed by atoms with Gasteiger partial charge in [0.05, 0.1) is 6.61 Å². The molecule has 0 aliphatic heterocycles. The van der Waals surface area contributed by atoms with Crippen molar-refractivity contribution in [1.82, 2.24) is 15.6 Å². The van der Waals surface area contributed by atoms with Gasteiger partial charge in [0, 0.05) is 37.4 Å². The lowest BCUT2D eigenvalue weighted by atomic mass is 10.4. The molecule has 1 heterocycles. The quantitative estimate of drug-likeness (QED) is 0.649. The fraction of sp³-hybridized carbons (Fsp3) is 0.500. The van der Waals surface area contributed by atoms with Gasteiger partial charge in [-0.25, -0.2) is 0 Å². The van der Waals surface area contributed by atoms with E-state index in [2.05, 4.69) is 31.5 Å². The highest BCUT2D eigenvalue weighted by molar-refractivity contribution is 9.10. The van der Waals surface area contributed by atoms with Crippen LogP contribution in [0.4, 0.5) is 0 Å². The number of amides is 1. The molecule has 6 heteroatoms. The molecule has 0 saturated heterocycles. The molecule has 16 heavy (non-hydrogen) atoms. The number of methoxy groups -OCH3 is 1. The molecule has 0 spiro atoms. The van der Waals surface area contributed by atoms with Crippen molar-refractivity contribution >= 4 is 21.8 Å². The lowest BCUT2D eigenvalue weighted by Gasteiger charge is -2.05. The van der Waals surface area contributed by atoms with Crippen LogP contribution in [0, 0.1) is 0 Å². The number of hydrogen-bond acceptors (Lipinski definition) is 3. The van der Waals surface area contributed by atoms with E-state index in [9.17, 15) is 4.79 Å². The second-order valence-corrected chi connectivity index (χ2v) is 4.15. The Hall–Kier alpha value is -0.850. The number of hydrogen-bond donors (Lipinski definition) is 3. The third-order valence-electron chi connectivity index (χ3n) is 1.96. The minimum absolute atomic E-state index is 0.0979. The predicted octanol–water partition coefficient (Wildman–Crippen LogP) is 0.743. The highest BCUT2D eigenvalue weighted by atomic mass is 79.9. The first-order chi connectivity index (χ1) is 7.74. The summed E-state index contributed by atoms with van der Waals surface area (Å²) in [5, 5.41) is 5.93. The van der Waals surface area contributed by atoms with E-state index in [1.807, 2.05) is 0 Å². The highest BCUT2D eigenvalue weighted by Gasteiger charge is 2.05. The molecule has 0 fully saturated rings. The summed E-state index contributed by atoms with van der Waals surface area (Å²) in [4.78, 5) is 14.4. The molecule has 0 unspecified atom stereocenters. The van der Waals surface area contributed by atoms with E-state index in [1.54, 1.807) is 19.4 Å². The minimum Gasteiger partial charge on any atom is -0.383 e. The third kappa shape index (κ3) is 4.78. The summed E-state index contributed by atoms with van der Waals surface area (Å²) in [7, 11) is 1.66. The van der Waals surface area contributed by atoms with Gasteiger partial charge in [0.2, 0.25) is 0 Å². The number of nitrogens with one attached hydrogen (secondary N) is 3. The minimum atomic E-state index is -0.0979. The SMILES string of the molecule is COCCNCCNC(=O)c1cc(Br)c[nH]1. The van der Waals surface area contributed by atoms with Gasteiger partial charge < -0.3 is 20.4 Å². The molecule has 1 amide bonds. The van der Waals surface area contributed by atoms with E-state index >= 15 is 0 Å². The standard InChI is InChI=1S/C10H16BrN3O2/c1-16-5-4-12-2-3-13-10(15)9-6-8(11)7-14-9/h6-7,12,14H,2-5H2,1H3,(H,13,15). The Morgan fingerprint density at radius 1 is 1.50 bits per heavy atom. The molecule has 0 aromatic carbocycles. The summed E-state index contributed by atoms with van der Waals surface area (Å²) in [6.07, 6.45) is 1.73. The molecule has 0 aliphatic rings. The van der Waals surface area contributed by atoms with Gasteiger partial charge in [0.1, 0.15) is 5.69 Å². The molecular weight excluding hydrogens is 274 g/mol. The molecule has 1 rings (SSSR count). The van der Waals surface area contributed by atoms with Crippen LogP contribution in [0.15, 0.2) is 16.7 Å². The van der Waals surface area contributed by atoms with Crippen LogP contribution in [-0.2, 0) is 4.74 Å². The van der Waals surface area contributed by atoms with Crippen LogP contribution in [0.3, 0.4) is 0 Å². The van der Waals surface area contributed by atoms with Crippen LogP contribution in [0.25, 0.3) is 0 Å². The predicted molar refractivity (Wildman–Crippen MR) is 65.6 cm³/mol. The maximum atomic E-state index is 11.5. The Morgan fingerprint density at radius 2 is 2.31 bits per heavy atom. The van der Waals surface area contributed by atoms with Crippen molar-refractivity contribution in [3.8, 4) is 0 Å². The fourth-order valence-corrected chi connectivity index (χ4v) is 1.50. The molecule has 0 aliphatic carbocycles. The summed E-state index contributed by atoms with van der Waals surface area (Å²) >= 11 is 3.27. The number of halogens is 1. The Kier molecular flexibility index (Phi) is 6.14. The average Bonchev–Trinajstić information content (AvgIpc) is 2.70. The largest absolute Gasteiger partial charge is 0.383 e. The molecule has 3 N–H and O–H groups in total. The second-order valence-electron chi connectivity index (χ2n) is 3.23. The molecule has 90 valence electrons. The summed E-state index contributed by atoms with van der Waals surface area (Å²) < 4.78 is 5.75. The van der Waals surface area contributed by atoms with Crippen molar-refractivity contribution in [2.75, 3.05) is 33.4 Å². The van der Waals surface area contributed by atoms with E-state index in [-0.39, 0.29) is 5.91 Å². The molecule has 0 atom stereocenters. The zero-order valence-electron chi connectivity index (χ0n) is 9.18. The first-order valence-corrected chi connectivity index (χ1v) is 5.85. The summed E-state index contributed by atoms with van der Waals surface area (Å²) in [6.45, 7) is 2.80. The van der Waals surface area contributed by atoms with Crippen LogP contribution in [0.1, 0.15) is 10.5 Å². The van der Waals surface area contributed by atoms with E-state index < -0.39 is 0 Å². The van der Waals surface area contributed by atoms with Gasteiger partial charge >= 0.3 is 0 Å². The number of H-pyrrole nitrogens is 1. The fourth-order valence-electron chi connectivity index (χ4n) is 1.16. The van der Waals surface area contributed by atoms with Crippen molar-refractivity contribution in [3.63, 3.8) is 0 Å². The molecule has 0 radical (unpaired) electrons. The number of rotatable bonds is 7. The topological polar surface area (TPSA) is 66.2 Å². The second kappa shape index (κ2) is 7.43. The van der Waals surface area contributed by atoms with Crippen molar-refractivity contribution < 1.29 is 9.53 Å². The van der Waals surface area contributed by atoms with Crippen LogP contribution in [0.2, 0.25) is 0 Å². The highest BCUT2D eigenvalue weighted by Crippen LogP contribution is 2.09. The van der Waals surface area contributed by atoms with Crippen LogP contribution >= 0.6 is 15.9 Å². The van der Waals surface area contributed by atoms with E-state index in [0.29, 0.717) is 18.8 Å². The van der Waals surface area contributed by atoms with Crippen LogP contribution in [0.5, 0.6) is 0 Å². The number of aromatic amines is 1. The molecule has 5 nitrogen and oxygen atoms in total. The van der Waals surface area contributed by atoms with Crippen molar-refractivity contribution in [2.45, 2.75) is 0 Å². The third-order valence-corrected chi connectivity index (χ3v) is 2.42. The molecule has 0 bridgehead atoms. The number of aromatic nitrogens is 1. The summed E-state index contributed by atoms with van der Waals surface area (Å²) in [5.41, 5.74) is 0.559. The Labute approximate surface area is 103 Å². The molecule has 1 aromatic rings. The van der Waals surface area contributed by atoms with Gasteiger partial charge in [0.15, 0.2) is 0 Å². The van der Waals surface area contributed by atoms with Crippen molar-refractivity contribution in [2.24, 2.45) is 0 Å². The number of carbonyl (C=O) groups is 1. The lowest BCUT2D eigenvalue weighted by Crippen LogP contribution is -2.33. The van der Waals surface area contributed by atoms with Gasteiger partial charge in [-0.05, 0) is 22.0 Å². The van der Waals surface area contributed by atoms with Gasteiger partial charge in [-0.15, -0.1) is 0 Å². The van der Waals surface area contributed by atoms with Gasteiger partial charge in [-0.1, -0.05) is 0 Å². The normalized spacial score (nSPS) is 10.4.